The fourth-order valence-electron chi connectivity index (χ4n) is 1.89. The highest BCUT2D eigenvalue weighted by Crippen LogP contribution is 2.28. The lowest BCUT2D eigenvalue weighted by atomic mass is 10.2. The van der Waals surface area contributed by atoms with E-state index in [4.69, 9.17) is 10.2 Å². The molecule has 6 heteroatoms. The van der Waals surface area contributed by atoms with Gasteiger partial charge in [0.2, 0.25) is 5.91 Å². The zero-order chi connectivity index (χ0) is 15.9. The van der Waals surface area contributed by atoms with Crippen molar-refractivity contribution in [2.75, 3.05) is 13.1 Å². The number of amides is 1. The summed E-state index contributed by atoms with van der Waals surface area (Å²) in [4.78, 5) is 16.0. The number of benzene rings is 1. The number of carbonyl (C=O) groups is 1. The predicted octanol–water partition coefficient (Wildman–Crippen LogP) is 2.75. The summed E-state index contributed by atoms with van der Waals surface area (Å²) >= 11 is 3.48. The average Bonchev–Trinajstić information content (AvgIpc) is 2.99. The van der Waals surface area contributed by atoms with E-state index in [1.54, 1.807) is 6.20 Å². The van der Waals surface area contributed by atoms with Crippen molar-refractivity contribution in [1.82, 2.24) is 10.3 Å². The summed E-state index contributed by atoms with van der Waals surface area (Å²) in [6.45, 7) is 3.16. The van der Waals surface area contributed by atoms with Gasteiger partial charge in [-0.1, -0.05) is 41.1 Å². The van der Waals surface area contributed by atoms with Gasteiger partial charge in [-0.25, -0.2) is 4.98 Å². The minimum absolute atomic E-state index is 0.0130. The number of carbonyl (C=O) groups excluding carboxylic acids is 1. The number of aromatic nitrogens is 1. The number of aryl methyl sites for hydroxylation is 1. The third-order valence-electron chi connectivity index (χ3n) is 3.31. The number of nitrogens with one attached hydrogen (secondary N) is 1. The number of rotatable bonds is 7. The van der Waals surface area contributed by atoms with Gasteiger partial charge in [-0.3, -0.25) is 4.79 Å². The van der Waals surface area contributed by atoms with Crippen molar-refractivity contribution in [1.29, 1.82) is 0 Å². The normalized spacial score (nSPS) is 12.1. The molecule has 0 aliphatic rings. The monoisotopic (exact) mass is 365 g/mol. The van der Waals surface area contributed by atoms with Crippen LogP contribution in [0.3, 0.4) is 0 Å². The van der Waals surface area contributed by atoms with E-state index in [1.165, 1.54) is 0 Å². The molecule has 1 amide bonds. The Labute approximate surface area is 138 Å². The third kappa shape index (κ3) is 4.68. The van der Waals surface area contributed by atoms with Gasteiger partial charge in [-0.15, -0.1) is 0 Å². The maximum Gasteiger partial charge on any atom is 0.220 e. The van der Waals surface area contributed by atoms with Crippen LogP contribution >= 0.6 is 15.9 Å². The van der Waals surface area contributed by atoms with Gasteiger partial charge in [0.05, 0.1) is 6.20 Å². The topological polar surface area (TPSA) is 81.1 Å². The summed E-state index contributed by atoms with van der Waals surface area (Å²) in [6.07, 6.45) is 2.52. The molecular formula is C16H20BrN3O2. The smallest absolute Gasteiger partial charge is 0.220 e. The fourth-order valence-corrected chi connectivity index (χ4v) is 2.37. The number of hydrogen-bond acceptors (Lipinski definition) is 4. The van der Waals surface area contributed by atoms with Crippen LogP contribution in [0.1, 0.15) is 19.2 Å². The van der Waals surface area contributed by atoms with Crippen LogP contribution in [0.15, 0.2) is 39.4 Å². The molecule has 0 saturated heterocycles. The lowest BCUT2D eigenvalue weighted by Gasteiger charge is -2.09. The standard InChI is InChI=1S/C16H20BrN3O2/c1-11(8-18)9-19-15(21)6-7-16-20-10-14(22-16)12-4-2-3-5-13(12)17/h2-5,10-11H,6-9,18H2,1H3,(H,19,21). The van der Waals surface area contributed by atoms with Crippen LogP contribution in [0.25, 0.3) is 11.3 Å². The Morgan fingerprint density at radius 2 is 2.23 bits per heavy atom. The number of nitrogens with two attached hydrogens (primary N) is 1. The molecule has 0 saturated carbocycles. The molecule has 0 fully saturated rings. The van der Waals surface area contributed by atoms with E-state index >= 15 is 0 Å². The molecule has 5 nitrogen and oxygen atoms in total. The molecule has 1 heterocycles. The van der Waals surface area contributed by atoms with Gasteiger partial charge < -0.3 is 15.5 Å². The molecule has 0 bridgehead atoms. The van der Waals surface area contributed by atoms with Gasteiger partial charge >= 0.3 is 0 Å². The predicted molar refractivity (Wildman–Crippen MR) is 89.2 cm³/mol. The zero-order valence-electron chi connectivity index (χ0n) is 12.5. The number of hydrogen-bond donors (Lipinski definition) is 2. The molecule has 0 spiro atoms. The minimum atomic E-state index is -0.0130. The van der Waals surface area contributed by atoms with E-state index in [9.17, 15) is 4.79 Å². The van der Waals surface area contributed by atoms with Crippen LogP contribution in [0.4, 0.5) is 0 Å². The summed E-state index contributed by atoms with van der Waals surface area (Å²) < 4.78 is 6.66. The molecule has 2 rings (SSSR count). The Kier molecular flexibility index (Phi) is 6.15. The second kappa shape index (κ2) is 8.10. The summed E-state index contributed by atoms with van der Waals surface area (Å²) in [5.74, 6) is 1.53. The Balaban J connectivity index is 1.88. The maximum atomic E-state index is 11.7. The van der Waals surface area contributed by atoms with E-state index in [0.717, 1.165) is 10.0 Å². The van der Waals surface area contributed by atoms with Crippen LogP contribution in [0.2, 0.25) is 0 Å². The maximum absolute atomic E-state index is 11.7. The van der Waals surface area contributed by atoms with Crippen molar-refractivity contribution in [3.8, 4) is 11.3 Å². The van der Waals surface area contributed by atoms with Crippen molar-refractivity contribution in [3.05, 3.63) is 40.8 Å². The molecule has 0 aliphatic carbocycles. The molecule has 0 aliphatic heterocycles. The van der Waals surface area contributed by atoms with E-state index < -0.39 is 0 Å². The first-order valence-corrected chi connectivity index (χ1v) is 8.05. The second-order valence-corrected chi connectivity index (χ2v) is 6.10. The number of halogens is 1. The SMILES string of the molecule is CC(CN)CNC(=O)CCc1ncc(-c2ccccc2Br)o1. The second-order valence-electron chi connectivity index (χ2n) is 5.24. The van der Waals surface area contributed by atoms with Crippen molar-refractivity contribution in [2.45, 2.75) is 19.8 Å². The lowest BCUT2D eigenvalue weighted by molar-refractivity contribution is -0.121. The number of oxazole rings is 1. The van der Waals surface area contributed by atoms with Gasteiger partial charge in [0, 0.05) is 29.4 Å². The van der Waals surface area contributed by atoms with Crippen LogP contribution in [-0.4, -0.2) is 24.0 Å². The Hall–Kier alpha value is -1.66. The molecule has 22 heavy (non-hydrogen) atoms. The Morgan fingerprint density at radius 3 is 2.95 bits per heavy atom. The van der Waals surface area contributed by atoms with E-state index in [-0.39, 0.29) is 11.8 Å². The highest BCUT2D eigenvalue weighted by molar-refractivity contribution is 9.10. The third-order valence-corrected chi connectivity index (χ3v) is 4.00. The van der Waals surface area contributed by atoms with Crippen molar-refractivity contribution >= 4 is 21.8 Å². The van der Waals surface area contributed by atoms with Crippen LogP contribution < -0.4 is 11.1 Å². The van der Waals surface area contributed by atoms with Crippen LogP contribution in [0, 0.1) is 5.92 Å². The summed E-state index contributed by atoms with van der Waals surface area (Å²) in [6, 6.07) is 7.78. The molecule has 3 N–H and O–H groups in total. The molecule has 1 aromatic carbocycles. The largest absolute Gasteiger partial charge is 0.441 e. The Bertz CT molecular complexity index is 627. The first kappa shape index (κ1) is 16.7. The molecule has 1 unspecified atom stereocenters. The van der Waals surface area contributed by atoms with Crippen LogP contribution in [-0.2, 0) is 11.2 Å². The summed E-state index contributed by atoms with van der Waals surface area (Å²) in [5.41, 5.74) is 6.46. The van der Waals surface area contributed by atoms with Crippen molar-refractivity contribution < 1.29 is 9.21 Å². The van der Waals surface area contributed by atoms with Crippen molar-refractivity contribution in [2.24, 2.45) is 11.7 Å². The summed E-state index contributed by atoms with van der Waals surface area (Å²) in [7, 11) is 0. The van der Waals surface area contributed by atoms with E-state index in [2.05, 4.69) is 26.2 Å². The number of nitrogens with zero attached hydrogens (tertiary/aromatic N) is 1. The molecule has 0 radical (unpaired) electrons. The first-order chi connectivity index (χ1) is 10.6. The lowest BCUT2D eigenvalue weighted by Crippen LogP contribution is -2.31. The fraction of sp³-hybridized carbons (Fsp3) is 0.375. The van der Waals surface area contributed by atoms with Gasteiger partial charge in [-0.05, 0) is 18.5 Å². The molecule has 1 atom stereocenters. The average molecular weight is 366 g/mol. The van der Waals surface area contributed by atoms with Gasteiger partial charge in [-0.2, -0.15) is 0 Å². The molecular weight excluding hydrogens is 346 g/mol. The highest BCUT2D eigenvalue weighted by atomic mass is 79.9. The quantitative estimate of drug-likeness (QED) is 0.790. The summed E-state index contributed by atoms with van der Waals surface area (Å²) in [5, 5.41) is 2.86. The Morgan fingerprint density at radius 1 is 1.45 bits per heavy atom. The zero-order valence-corrected chi connectivity index (χ0v) is 14.1. The van der Waals surface area contributed by atoms with E-state index in [1.807, 2.05) is 31.2 Å². The van der Waals surface area contributed by atoms with Gasteiger partial charge in [0.1, 0.15) is 0 Å². The molecule has 118 valence electrons. The molecule has 1 aromatic heterocycles. The van der Waals surface area contributed by atoms with E-state index in [0.29, 0.717) is 37.6 Å². The van der Waals surface area contributed by atoms with Gasteiger partial charge in [0.15, 0.2) is 11.7 Å². The molecule has 2 aromatic rings. The van der Waals surface area contributed by atoms with Crippen LogP contribution in [0.5, 0.6) is 0 Å². The highest BCUT2D eigenvalue weighted by Gasteiger charge is 2.11. The van der Waals surface area contributed by atoms with Crippen molar-refractivity contribution in [3.63, 3.8) is 0 Å². The minimum Gasteiger partial charge on any atom is -0.441 e. The van der Waals surface area contributed by atoms with Gasteiger partial charge in [0.25, 0.3) is 0 Å². The first-order valence-electron chi connectivity index (χ1n) is 7.26.